The van der Waals surface area contributed by atoms with Crippen molar-refractivity contribution in [2.45, 2.75) is 37.5 Å². The number of alkyl halides is 3. The Morgan fingerprint density at radius 2 is 1.89 bits per heavy atom. The maximum absolute atomic E-state index is 14.8. The lowest BCUT2D eigenvalue weighted by molar-refractivity contribution is -0.138. The Bertz CT molecular complexity index is 1330. The van der Waals surface area contributed by atoms with Crippen molar-refractivity contribution in [1.82, 2.24) is 25.0 Å². The molecule has 0 atom stereocenters. The number of fused-ring (bicyclic) bond motifs is 1. The molecule has 0 saturated carbocycles. The zero-order valence-corrected chi connectivity index (χ0v) is 20.3. The molecule has 2 saturated heterocycles. The van der Waals surface area contributed by atoms with E-state index in [2.05, 4.69) is 15.4 Å². The fraction of sp³-hybridized carbons (Fsp3) is 0.440. The third-order valence-corrected chi connectivity index (χ3v) is 6.67. The van der Waals surface area contributed by atoms with Crippen molar-refractivity contribution >= 4 is 28.5 Å². The molecule has 202 valence electrons. The third kappa shape index (κ3) is 5.72. The summed E-state index contributed by atoms with van der Waals surface area (Å²) in [6.07, 6.45) is -1.26. The van der Waals surface area contributed by atoms with E-state index in [0.29, 0.717) is 35.8 Å². The first-order valence-corrected chi connectivity index (χ1v) is 12.3. The van der Waals surface area contributed by atoms with Gasteiger partial charge in [0.15, 0.2) is 0 Å². The van der Waals surface area contributed by atoms with E-state index in [-0.39, 0.29) is 36.3 Å². The number of anilines is 1. The standard InChI is InChI=1S/C25H26F4N6O3/c26-18-2-1-3-19-22(18)23(33-35(19)13-21(36)31-14-25(27,28)29)16-11-34(12-16)24(37)15-4-7-30-20(10-15)32-17-5-8-38-9-6-17/h1-4,7,10,16-17H,5-6,8-9,11-14H2,(H,30,32)(H,31,36). The summed E-state index contributed by atoms with van der Waals surface area (Å²) in [4.78, 5) is 31.1. The number of halogens is 4. The zero-order valence-electron chi connectivity index (χ0n) is 20.3. The van der Waals surface area contributed by atoms with Gasteiger partial charge in [0.1, 0.15) is 24.7 Å². The molecular weight excluding hydrogens is 508 g/mol. The van der Waals surface area contributed by atoms with Gasteiger partial charge >= 0.3 is 6.18 Å². The Morgan fingerprint density at radius 1 is 1.13 bits per heavy atom. The highest BCUT2D eigenvalue weighted by atomic mass is 19.4. The minimum absolute atomic E-state index is 0.195. The largest absolute Gasteiger partial charge is 0.405 e. The van der Waals surface area contributed by atoms with Gasteiger partial charge in [0.2, 0.25) is 5.91 Å². The van der Waals surface area contributed by atoms with Crippen molar-refractivity contribution in [3.8, 4) is 0 Å². The first-order valence-electron chi connectivity index (χ1n) is 12.3. The molecule has 0 bridgehead atoms. The molecule has 13 heteroatoms. The molecule has 2 fully saturated rings. The maximum atomic E-state index is 14.8. The molecule has 0 unspecified atom stereocenters. The Hall–Kier alpha value is -3.74. The van der Waals surface area contributed by atoms with E-state index in [1.165, 1.54) is 16.8 Å². The highest BCUT2D eigenvalue weighted by molar-refractivity contribution is 5.95. The van der Waals surface area contributed by atoms with Crippen LogP contribution in [-0.4, -0.2) is 76.5 Å². The van der Waals surface area contributed by atoms with Gasteiger partial charge in [-0.05, 0) is 37.1 Å². The van der Waals surface area contributed by atoms with E-state index in [4.69, 9.17) is 4.74 Å². The SMILES string of the molecule is O=C(Cn1nc(C2CN(C(=O)c3ccnc(NC4CCOCC4)c3)C2)c2c(F)cccc21)NCC(F)(F)F. The number of aromatic nitrogens is 3. The molecule has 0 spiro atoms. The number of likely N-dealkylation sites (tertiary alicyclic amines) is 1. The van der Waals surface area contributed by atoms with Gasteiger partial charge in [-0.3, -0.25) is 14.3 Å². The van der Waals surface area contributed by atoms with Crippen LogP contribution in [-0.2, 0) is 16.1 Å². The predicted molar refractivity (Wildman–Crippen MR) is 129 cm³/mol. The van der Waals surface area contributed by atoms with Gasteiger partial charge in [-0.1, -0.05) is 6.07 Å². The molecular formula is C25H26F4N6O3. The van der Waals surface area contributed by atoms with Crippen molar-refractivity contribution in [3.63, 3.8) is 0 Å². The lowest BCUT2D eigenvalue weighted by Gasteiger charge is -2.38. The smallest absolute Gasteiger partial charge is 0.381 e. The molecule has 2 aromatic heterocycles. The number of ether oxygens (including phenoxy) is 1. The summed E-state index contributed by atoms with van der Waals surface area (Å²) >= 11 is 0. The number of hydrogen-bond acceptors (Lipinski definition) is 6. The predicted octanol–water partition coefficient (Wildman–Crippen LogP) is 3.08. The number of pyridine rings is 1. The average molecular weight is 535 g/mol. The molecule has 2 amide bonds. The Balaban J connectivity index is 1.27. The highest BCUT2D eigenvalue weighted by Crippen LogP contribution is 2.34. The number of rotatable bonds is 7. The van der Waals surface area contributed by atoms with Gasteiger partial charge in [0.25, 0.3) is 5.91 Å². The summed E-state index contributed by atoms with van der Waals surface area (Å²) < 4.78 is 58.7. The number of carbonyl (C=O) groups is 2. The molecule has 9 nitrogen and oxygen atoms in total. The Kier molecular flexibility index (Phi) is 7.19. The zero-order chi connectivity index (χ0) is 26.9. The van der Waals surface area contributed by atoms with Crippen molar-refractivity contribution in [2.24, 2.45) is 0 Å². The van der Waals surface area contributed by atoms with Crippen LogP contribution < -0.4 is 10.6 Å². The molecule has 0 aliphatic carbocycles. The molecule has 38 heavy (non-hydrogen) atoms. The van der Waals surface area contributed by atoms with Crippen LogP contribution in [0.15, 0.2) is 36.5 Å². The van der Waals surface area contributed by atoms with Crippen LogP contribution in [0.5, 0.6) is 0 Å². The van der Waals surface area contributed by atoms with Crippen molar-refractivity contribution in [1.29, 1.82) is 0 Å². The Labute approximate surface area is 215 Å². The van der Waals surface area contributed by atoms with E-state index >= 15 is 0 Å². The topological polar surface area (TPSA) is 101 Å². The lowest BCUT2D eigenvalue weighted by atomic mass is 9.93. The molecule has 1 aromatic carbocycles. The summed E-state index contributed by atoms with van der Waals surface area (Å²) in [5.41, 5.74) is 1.13. The first kappa shape index (κ1) is 25.9. The van der Waals surface area contributed by atoms with Gasteiger partial charge in [0.05, 0.1) is 16.6 Å². The van der Waals surface area contributed by atoms with Crippen LogP contribution in [0, 0.1) is 5.82 Å². The van der Waals surface area contributed by atoms with E-state index in [0.717, 1.165) is 12.8 Å². The van der Waals surface area contributed by atoms with E-state index in [9.17, 15) is 27.2 Å². The van der Waals surface area contributed by atoms with Gasteiger partial charge < -0.3 is 20.3 Å². The van der Waals surface area contributed by atoms with Crippen LogP contribution in [0.3, 0.4) is 0 Å². The van der Waals surface area contributed by atoms with Crippen molar-refractivity contribution in [2.75, 3.05) is 38.2 Å². The molecule has 2 aliphatic rings. The van der Waals surface area contributed by atoms with Crippen LogP contribution in [0.4, 0.5) is 23.4 Å². The highest BCUT2D eigenvalue weighted by Gasteiger charge is 2.36. The number of nitrogens with zero attached hydrogens (tertiary/aromatic N) is 4. The summed E-state index contributed by atoms with van der Waals surface area (Å²) in [7, 11) is 0. The summed E-state index contributed by atoms with van der Waals surface area (Å²) in [6.45, 7) is -0.0444. The van der Waals surface area contributed by atoms with Crippen molar-refractivity contribution < 1.29 is 31.9 Å². The molecule has 2 N–H and O–H groups in total. The van der Waals surface area contributed by atoms with E-state index in [1.807, 2.05) is 0 Å². The molecule has 4 heterocycles. The second-order valence-electron chi connectivity index (χ2n) is 9.44. The Morgan fingerprint density at radius 3 is 2.63 bits per heavy atom. The average Bonchev–Trinajstić information content (AvgIpc) is 3.21. The van der Waals surface area contributed by atoms with Crippen molar-refractivity contribution in [3.05, 3.63) is 53.6 Å². The summed E-state index contributed by atoms with van der Waals surface area (Å²) in [6, 6.07) is 7.82. The number of hydrogen-bond donors (Lipinski definition) is 2. The molecule has 3 aromatic rings. The monoisotopic (exact) mass is 534 g/mol. The number of amides is 2. The lowest BCUT2D eigenvalue weighted by Crippen LogP contribution is -2.48. The summed E-state index contributed by atoms with van der Waals surface area (Å²) in [5.74, 6) is -1.33. The van der Waals surface area contributed by atoms with Gasteiger partial charge in [-0.25, -0.2) is 9.37 Å². The van der Waals surface area contributed by atoms with E-state index < -0.39 is 31.0 Å². The maximum Gasteiger partial charge on any atom is 0.405 e. The van der Waals surface area contributed by atoms with Gasteiger partial charge in [0, 0.05) is 50.0 Å². The van der Waals surface area contributed by atoms with Gasteiger partial charge in [-0.2, -0.15) is 18.3 Å². The minimum atomic E-state index is -4.54. The van der Waals surface area contributed by atoms with Gasteiger partial charge in [-0.15, -0.1) is 0 Å². The van der Waals surface area contributed by atoms with E-state index in [1.54, 1.807) is 34.6 Å². The first-order chi connectivity index (χ1) is 18.2. The quantitative estimate of drug-likeness (QED) is 0.452. The summed E-state index contributed by atoms with van der Waals surface area (Å²) in [5, 5.41) is 9.70. The fourth-order valence-electron chi connectivity index (χ4n) is 4.71. The number of benzene rings is 1. The minimum Gasteiger partial charge on any atom is -0.381 e. The van der Waals surface area contributed by atoms with Crippen LogP contribution in [0.25, 0.3) is 10.9 Å². The van der Waals surface area contributed by atoms with Crippen LogP contribution in [0.1, 0.15) is 34.8 Å². The second-order valence-corrected chi connectivity index (χ2v) is 9.44. The number of nitrogens with one attached hydrogen (secondary N) is 2. The van der Waals surface area contributed by atoms with Crippen LogP contribution >= 0.6 is 0 Å². The van der Waals surface area contributed by atoms with Crippen LogP contribution in [0.2, 0.25) is 0 Å². The normalized spacial score (nSPS) is 16.9. The fourth-order valence-corrected chi connectivity index (χ4v) is 4.71. The molecule has 5 rings (SSSR count). The third-order valence-electron chi connectivity index (χ3n) is 6.67. The second kappa shape index (κ2) is 10.6. The number of carbonyl (C=O) groups excluding carboxylic acids is 2. The molecule has 2 aliphatic heterocycles. The molecule has 0 radical (unpaired) electrons.